The number of Topliss-reactive ketones (excluding diaryl/α,β-unsaturated/α-hetero) is 1. The summed E-state index contributed by atoms with van der Waals surface area (Å²) in [7, 11) is 1.40. The van der Waals surface area contributed by atoms with E-state index >= 15 is 0 Å². The molecule has 2 saturated heterocycles. The second-order valence-corrected chi connectivity index (χ2v) is 12.4. The Hall–Kier alpha value is -2.15. The summed E-state index contributed by atoms with van der Waals surface area (Å²) in [6, 6.07) is 1.87. The van der Waals surface area contributed by atoms with E-state index in [1.54, 1.807) is 12.5 Å². The molecule has 3 bridgehead atoms. The van der Waals surface area contributed by atoms with E-state index in [1.165, 1.54) is 7.11 Å². The predicted molar refractivity (Wildman–Crippen MR) is 119 cm³/mol. The lowest BCUT2D eigenvalue weighted by Gasteiger charge is -2.64. The van der Waals surface area contributed by atoms with Crippen LogP contribution in [0.4, 0.5) is 0 Å². The summed E-state index contributed by atoms with van der Waals surface area (Å²) >= 11 is 0. The number of hydrogen-bond donors (Lipinski definition) is 0. The lowest BCUT2D eigenvalue weighted by Crippen LogP contribution is -2.69. The first-order valence-electron chi connectivity index (χ1n) is 12.5. The van der Waals surface area contributed by atoms with Crippen molar-refractivity contribution in [1.82, 2.24) is 0 Å². The Morgan fingerprint density at radius 2 is 1.94 bits per heavy atom. The lowest BCUT2D eigenvalue weighted by molar-refractivity contribution is -0.240. The van der Waals surface area contributed by atoms with Gasteiger partial charge in [-0.3, -0.25) is 14.4 Å². The molecule has 3 aliphatic carbocycles. The molecule has 7 nitrogen and oxygen atoms in total. The normalized spacial score (nSPS) is 48.1. The summed E-state index contributed by atoms with van der Waals surface area (Å²) in [6.45, 7) is 8.56. The van der Waals surface area contributed by atoms with Crippen molar-refractivity contribution in [1.29, 1.82) is 0 Å². The first kappa shape index (κ1) is 22.3. The van der Waals surface area contributed by atoms with Gasteiger partial charge in [0, 0.05) is 40.6 Å². The molecular formula is C27H34O7. The summed E-state index contributed by atoms with van der Waals surface area (Å²) in [5, 5.41) is 0. The van der Waals surface area contributed by atoms with Crippen molar-refractivity contribution in [2.24, 2.45) is 39.9 Å². The third kappa shape index (κ3) is 2.44. The highest BCUT2D eigenvalue weighted by Crippen LogP contribution is 2.76. The molecule has 5 aliphatic rings. The number of fused-ring (bicyclic) bond motifs is 3. The first-order valence-corrected chi connectivity index (χ1v) is 12.5. The fourth-order valence-electron chi connectivity index (χ4n) is 9.40. The van der Waals surface area contributed by atoms with Gasteiger partial charge in [-0.15, -0.1) is 0 Å². The average molecular weight is 471 g/mol. The Morgan fingerprint density at radius 3 is 2.62 bits per heavy atom. The molecule has 1 aromatic heterocycles. The van der Waals surface area contributed by atoms with Gasteiger partial charge in [-0.1, -0.05) is 27.7 Å². The zero-order chi connectivity index (χ0) is 24.3. The second-order valence-electron chi connectivity index (χ2n) is 12.4. The number of cyclic esters (lactones) is 1. The Labute approximate surface area is 199 Å². The number of methoxy groups -OCH3 is 1. The Balaban J connectivity index is 1.50. The van der Waals surface area contributed by atoms with Crippen LogP contribution in [0.5, 0.6) is 0 Å². The third-order valence-electron chi connectivity index (χ3n) is 10.8. The predicted octanol–water partition coefficient (Wildman–Crippen LogP) is 4.25. The van der Waals surface area contributed by atoms with Crippen LogP contribution >= 0.6 is 0 Å². The van der Waals surface area contributed by atoms with E-state index in [4.69, 9.17) is 18.6 Å². The molecule has 184 valence electrons. The van der Waals surface area contributed by atoms with Crippen molar-refractivity contribution >= 4 is 17.7 Å². The van der Waals surface area contributed by atoms with Crippen molar-refractivity contribution in [3.8, 4) is 0 Å². The number of rotatable bonds is 3. The fourth-order valence-corrected chi connectivity index (χ4v) is 9.40. The van der Waals surface area contributed by atoms with Crippen molar-refractivity contribution < 1.29 is 33.0 Å². The molecule has 3 heterocycles. The van der Waals surface area contributed by atoms with Gasteiger partial charge in [0.15, 0.2) is 0 Å². The number of esters is 2. The van der Waals surface area contributed by atoms with Gasteiger partial charge < -0.3 is 18.6 Å². The van der Waals surface area contributed by atoms with Crippen molar-refractivity contribution in [3.05, 3.63) is 24.2 Å². The quantitative estimate of drug-likeness (QED) is 0.610. The molecule has 9 atom stereocenters. The number of ketones is 1. The standard InChI is InChI=1S/C27H34O7/c1-24(2)17(10-19(28)31-5)26(4)16-6-8-25(3)18(27(16)12-15(21(26)30)23(24)34-27)11-20(29)33-22(25)14-7-9-32-13-14/h7,9,13,15-18,22-23H,6,8,10-12H2,1-5H3/t15-,16-,17+,18-,22+,23-,25-,26-,27+/m1/s1. The molecule has 6 rings (SSSR count). The lowest BCUT2D eigenvalue weighted by atomic mass is 9.38. The summed E-state index contributed by atoms with van der Waals surface area (Å²) < 4.78 is 23.5. The summed E-state index contributed by atoms with van der Waals surface area (Å²) in [5.74, 6) is -0.806. The van der Waals surface area contributed by atoms with Crippen molar-refractivity contribution in [2.75, 3.05) is 7.11 Å². The molecule has 5 fully saturated rings. The topological polar surface area (TPSA) is 92.0 Å². The molecule has 1 spiro atoms. The van der Waals surface area contributed by atoms with Crippen LogP contribution in [-0.2, 0) is 28.6 Å². The van der Waals surface area contributed by atoms with E-state index in [9.17, 15) is 14.4 Å². The van der Waals surface area contributed by atoms with Gasteiger partial charge in [0.2, 0.25) is 0 Å². The van der Waals surface area contributed by atoms with E-state index < -0.39 is 17.1 Å². The van der Waals surface area contributed by atoms with Crippen molar-refractivity contribution in [3.63, 3.8) is 0 Å². The maximum Gasteiger partial charge on any atom is 0.306 e. The number of carbonyl (C=O) groups excluding carboxylic acids is 3. The van der Waals surface area contributed by atoms with Gasteiger partial charge in [-0.05, 0) is 36.7 Å². The monoisotopic (exact) mass is 470 g/mol. The van der Waals surface area contributed by atoms with Crippen LogP contribution < -0.4 is 0 Å². The van der Waals surface area contributed by atoms with E-state index in [1.807, 2.05) is 6.07 Å². The molecular weight excluding hydrogens is 436 g/mol. The van der Waals surface area contributed by atoms with Gasteiger partial charge >= 0.3 is 11.9 Å². The van der Waals surface area contributed by atoms with Crippen LogP contribution in [0.15, 0.2) is 23.0 Å². The fraction of sp³-hybridized carbons (Fsp3) is 0.741. The Kier molecular flexibility index (Phi) is 4.43. The van der Waals surface area contributed by atoms with Gasteiger partial charge in [-0.2, -0.15) is 0 Å². The van der Waals surface area contributed by atoms with Crippen LogP contribution in [0.25, 0.3) is 0 Å². The molecule has 0 radical (unpaired) electrons. The minimum Gasteiger partial charge on any atom is -0.472 e. The molecule has 0 aromatic carbocycles. The zero-order valence-electron chi connectivity index (χ0n) is 20.6. The average Bonchev–Trinajstić information content (AvgIpc) is 3.43. The van der Waals surface area contributed by atoms with Crippen LogP contribution in [0.1, 0.15) is 71.5 Å². The Morgan fingerprint density at radius 1 is 1.18 bits per heavy atom. The van der Waals surface area contributed by atoms with Crippen molar-refractivity contribution in [2.45, 2.75) is 77.6 Å². The summed E-state index contributed by atoms with van der Waals surface area (Å²) in [5.41, 5.74) is -1.13. The highest BCUT2D eigenvalue weighted by Gasteiger charge is 2.80. The molecule has 34 heavy (non-hydrogen) atoms. The van der Waals surface area contributed by atoms with Gasteiger partial charge in [0.05, 0.1) is 37.8 Å². The second kappa shape index (κ2) is 6.74. The number of carbonyl (C=O) groups is 3. The third-order valence-corrected chi connectivity index (χ3v) is 10.8. The van der Waals surface area contributed by atoms with E-state index in [0.29, 0.717) is 6.42 Å². The molecule has 7 heteroatoms. The van der Waals surface area contributed by atoms with Crippen LogP contribution in [0, 0.1) is 39.9 Å². The van der Waals surface area contributed by atoms with E-state index in [2.05, 4.69) is 27.7 Å². The minimum absolute atomic E-state index is 0.0563. The first-order chi connectivity index (χ1) is 16.0. The molecule has 0 unspecified atom stereocenters. The largest absolute Gasteiger partial charge is 0.472 e. The van der Waals surface area contributed by atoms with Gasteiger partial charge in [0.1, 0.15) is 11.9 Å². The molecule has 0 N–H and O–H groups in total. The van der Waals surface area contributed by atoms with Gasteiger partial charge in [-0.25, -0.2) is 0 Å². The Bertz CT molecular complexity index is 1060. The molecule has 2 aliphatic heterocycles. The van der Waals surface area contributed by atoms with E-state index in [0.717, 1.165) is 18.4 Å². The molecule has 3 saturated carbocycles. The minimum atomic E-state index is -0.707. The summed E-state index contributed by atoms with van der Waals surface area (Å²) in [6.07, 6.45) is 5.32. The summed E-state index contributed by atoms with van der Waals surface area (Å²) in [4.78, 5) is 39.5. The molecule has 0 amide bonds. The van der Waals surface area contributed by atoms with Crippen LogP contribution in [0.2, 0.25) is 0 Å². The van der Waals surface area contributed by atoms with E-state index in [-0.39, 0.29) is 71.2 Å². The maximum atomic E-state index is 14.0. The highest BCUT2D eigenvalue weighted by atomic mass is 16.6. The number of furan rings is 1. The van der Waals surface area contributed by atoms with Gasteiger partial charge in [0.25, 0.3) is 0 Å². The number of hydrogen-bond acceptors (Lipinski definition) is 7. The smallest absolute Gasteiger partial charge is 0.306 e. The van der Waals surface area contributed by atoms with Crippen LogP contribution in [-0.4, -0.2) is 36.5 Å². The zero-order valence-corrected chi connectivity index (χ0v) is 20.6. The maximum absolute atomic E-state index is 14.0. The highest BCUT2D eigenvalue weighted by molar-refractivity contribution is 5.92. The SMILES string of the molecule is COC(=O)C[C@H]1C(C)(C)[C@@H]2O[C@@]34C[C@@H]2C(=O)[C@]1(C)[C@H]3CC[C@]1(C)[C@H]4CC(=O)O[C@H]1c1ccoc1. The molecule has 1 aromatic rings. The van der Waals surface area contributed by atoms with Crippen LogP contribution in [0.3, 0.4) is 0 Å². The number of ether oxygens (including phenoxy) is 3.